The van der Waals surface area contributed by atoms with E-state index in [9.17, 15) is 4.79 Å². The van der Waals surface area contributed by atoms with Gasteiger partial charge in [0.05, 0.1) is 30.6 Å². The summed E-state index contributed by atoms with van der Waals surface area (Å²) in [7, 11) is 0. The van der Waals surface area contributed by atoms with Gasteiger partial charge in [-0.15, -0.1) is 5.10 Å². The number of likely N-dealkylation sites (tertiary alicyclic amines) is 1. The second-order valence-electron chi connectivity index (χ2n) is 5.16. The number of carbonyl (C=O) groups excluding carboxylic acids is 1. The highest BCUT2D eigenvalue weighted by molar-refractivity contribution is 7.99. The van der Waals surface area contributed by atoms with Crippen LogP contribution in [-0.4, -0.2) is 56.5 Å². The maximum atomic E-state index is 12.2. The third-order valence-electron chi connectivity index (χ3n) is 3.95. The second kappa shape index (κ2) is 6.13. The highest BCUT2D eigenvalue weighted by Gasteiger charge is 2.37. The molecule has 6 nitrogen and oxygen atoms in total. The van der Waals surface area contributed by atoms with Crippen LogP contribution in [0.3, 0.4) is 0 Å². The van der Waals surface area contributed by atoms with Crippen molar-refractivity contribution in [3.8, 4) is 0 Å². The molecule has 7 heteroatoms. The van der Waals surface area contributed by atoms with Crippen LogP contribution in [0.4, 0.5) is 0 Å². The third-order valence-corrected chi connectivity index (χ3v) is 4.85. The first kappa shape index (κ1) is 13.9. The molecule has 0 spiro atoms. The van der Waals surface area contributed by atoms with E-state index in [0.717, 1.165) is 30.2 Å². The van der Waals surface area contributed by atoms with Crippen molar-refractivity contribution in [3.63, 3.8) is 0 Å². The standard InChI is InChI=1S/C13H20N4O2S/c1-2-20-6-4-13(18)16-5-3-12-11(8-16)17-10(9-19-12)7-14-15-17/h7,11-12H,2-6,8-9H2,1H3/t11-,12+/m1/s1. The van der Waals surface area contributed by atoms with Gasteiger partial charge < -0.3 is 9.64 Å². The Morgan fingerprint density at radius 2 is 2.50 bits per heavy atom. The number of thioether (sulfide) groups is 1. The predicted molar refractivity (Wildman–Crippen MR) is 76.4 cm³/mol. The third kappa shape index (κ3) is 2.69. The molecule has 1 saturated heterocycles. The number of piperidine rings is 1. The summed E-state index contributed by atoms with van der Waals surface area (Å²) in [4.78, 5) is 14.2. The molecule has 0 radical (unpaired) electrons. The number of nitrogens with zero attached hydrogens (tertiary/aromatic N) is 4. The molecule has 1 aromatic rings. The summed E-state index contributed by atoms with van der Waals surface area (Å²) in [6.45, 7) is 4.18. The first-order valence-corrected chi connectivity index (χ1v) is 8.31. The number of aromatic nitrogens is 3. The van der Waals surface area contributed by atoms with E-state index in [1.807, 2.05) is 21.3 Å². The van der Waals surface area contributed by atoms with Gasteiger partial charge in [-0.3, -0.25) is 4.79 Å². The van der Waals surface area contributed by atoms with Gasteiger partial charge in [0.2, 0.25) is 5.91 Å². The van der Waals surface area contributed by atoms with Crippen LogP contribution >= 0.6 is 11.8 Å². The normalized spacial score (nSPS) is 25.1. The quantitative estimate of drug-likeness (QED) is 0.779. The lowest BCUT2D eigenvalue weighted by Gasteiger charge is -2.41. The zero-order valence-electron chi connectivity index (χ0n) is 11.7. The van der Waals surface area contributed by atoms with Crippen LogP contribution in [0.1, 0.15) is 31.5 Å². The Labute approximate surface area is 122 Å². The van der Waals surface area contributed by atoms with E-state index in [0.29, 0.717) is 19.6 Å². The van der Waals surface area contributed by atoms with Gasteiger partial charge >= 0.3 is 0 Å². The van der Waals surface area contributed by atoms with Crippen molar-refractivity contribution >= 4 is 17.7 Å². The van der Waals surface area contributed by atoms with E-state index in [2.05, 4.69) is 17.2 Å². The van der Waals surface area contributed by atoms with Crippen LogP contribution < -0.4 is 0 Å². The van der Waals surface area contributed by atoms with E-state index in [1.54, 1.807) is 6.20 Å². The van der Waals surface area contributed by atoms with Crippen molar-refractivity contribution in [1.29, 1.82) is 0 Å². The van der Waals surface area contributed by atoms with Crippen molar-refractivity contribution in [1.82, 2.24) is 19.9 Å². The van der Waals surface area contributed by atoms with Crippen LogP contribution in [0.25, 0.3) is 0 Å². The van der Waals surface area contributed by atoms with Gasteiger partial charge in [0, 0.05) is 25.3 Å². The average Bonchev–Trinajstić information content (AvgIpc) is 2.95. The lowest BCUT2D eigenvalue weighted by Crippen LogP contribution is -2.50. The molecule has 2 aliphatic heterocycles. The number of hydrogen-bond acceptors (Lipinski definition) is 5. The van der Waals surface area contributed by atoms with Crippen LogP contribution in [-0.2, 0) is 16.1 Å². The number of ether oxygens (including phenoxy) is 1. The maximum Gasteiger partial charge on any atom is 0.223 e. The van der Waals surface area contributed by atoms with Crippen LogP contribution in [0.5, 0.6) is 0 Å². The van der Waals surface area contributed by atoms with E-state index in [4.69, 9.17) is 4.74 Å². The molecule has 110 valence electrons. The topological polar surface area (TPSA) is 60.3 Å². The van der Waals surface area contributed by atoms with E-state index in [-0.39, 0.29) is 18.1 Å². The van der Waals surface area contributed by atoms with Gasteiger partial charge in [-0.1, -0.05) is 12.1 Å². The Hall–Kier alpha value is -1.08. The predicted octanol–water partition coefficient (Wildman–Crippen LogP) is 1.09. The molecule has 3 heterocycles. The van der Waals surface area contributed by atoms with Gasteiger partial charge in [-0.25, -0.2) is 4.68 Å². The van der Waals surface area contributed by atoms with Crippen LogP contribution in [0.2, 0.25) is 0 Å². The van der Waals surface area contributed by atoms with Crippen molar-refractivity contribution < 1.29 is 9.53 Å². The molecule has 0 bridgehead atoms. The molecule has 0 unspecified atom stereocenters. The number of carbonyl (C=O) groups is 1. The number of rotatable bonds is 4. The summed E-state index contributed by atoms with van der Waals surface area (Å²) in [6, 6.07) is 0.123. The highest BCUT2D eigenvalue weighted by atomic mass is 32.2. The minimum absolute atomic E-state index is 0.123. The lowest BCUT2D eigenvalue weighted by atomic mass is 10.00. The Balaban J connectivity index is 1.64. The first-order valence-electron chi connectivity index (χ1n) is 7.15. The summed E-state index contributed by atoms with van der Waals surface area (Å²) in [5, 5.41) is 8.11. The molecule has 1 aromatic heterocycles. The summed E-state index contributed by atoms with van der Waals surface area (Å²) in [5.41, 5.74) is 1.00. The number of fused-ring (bicyclic) bond motifs is 3. The molecule has 1 fully saturated rings. The molecule has 2 atom stereocenters. The smallest absolute Gasteiger partial charge is 0.223 e. The SMILES string of the molecule is CCSCCC(=O)N1CC[C@@H]2OCc3cnnn3[C@@H]2C1. The monoisotopic (exact) mass is 296 g/mol. The van der Waals surface area contributed by atoms with Crippen molar-refractivity contribution in [2.75, 3.05) is 24.6 Å². The molecule has 0 N–H and O–H groups in total. The molecular weight excluding hydrogens is 276 g/mol. The molecular formula is C13H20N4O2S. The minimum Gasteiger partial charge on any atom is -0.370 e. The number of amides is 1. The van der Waals surface area contributed by atoms with Gasteiger partial charge in [-0.05, 0) is 12.2 Å². The molecule has 1 amide bonds. The van der Waals surface area contributed by atoms with Crippen molar-refractivity contribution in [2.45, 2.75) is 38.5 Å². The molecule has 0 aromatic carbocycles. The van der Waals surface area contributed by atoms with Crippen LogP contribution in [0, 0.1) is 0 Å². The fourth-order valence-electron chi connectivity index (χ4n) is 2.87. The first-order chi connectivity index (χ1) is 9.79. The van der Waals surface area contributed by atoms with E-state index in [1.165, 1.54) is 0 Å². The molecule has 20 heavy (non-hydrogen) atoms. The van der Waals surface area contributed by atoms with Gasteiger partial charge in [-0.2, -0.15) is 11.8 Å². The minimum atomic E-state index is 0.123. The van der Waals surface area contributed by atoms with Gasteiger partial charge in [0.25, 0.3) is 0 Å². The Bertz CT molecular complexity index is 479. The Morgan fingerprint density at radius 1 is 1.60 bits per heavy atom. The van der Waals surface area contributed by atoms with E-state index >= 15 is 0 Å². The Kier molecular flexibility index (Phi) is 4.26. The fraction of sp³-hybridized carbons (Fsp3) is 0.769. The molecule has 0 aliphatic carbocycles. The lowest BCUT2D eigenvalue weighted by molar-refractivity contribution is -0.137. The average molecular weight is 296 g/mol. The summed E-state index contributed by atoms with van der Waals surface area (Å²) < 4.78 is 7.79. The highest BCUT2D eigenvalue weighted by Crippen LogP contribution is 2.30. The van der Waals surface area contributed by atoms with Crippen molar-refractivity contribution in [2.24, 2.45) is 0 Å². The second-order valence-corrected chi connectivity index (χ2v) is 6.56. The fourth-order valence-corrected chi connectivity index (χ4v) is 3.48. The summed E-state index contributed by atoms with van der Waals surface area (Å²) in [6.07, 6.45) is 3.42. The van der Waals surface area contributed by atoms with Crippen molar-refractivity contribution in [3.05, 3.63) is 11.9 Å². The number of hydrogen-bond donors (Lipinski definition) is 0. The van der Waals surface area contributed by atoms with Crippen LogP contribution in [0.15, 0.2) is 6.20 Å². The zero-order valence-corrected chi connectivity index (χ0v) is 12.5. The van der Waals surface area contributed by atoms with Gasteiger partial charge in [0.1, 0.15) is 0 Å². The maximum absolute atomic E-state index is 12.2. The Morgan fingerprint density at radius 3 is 3.35 bits per heavy atom. The van der Waals surface area contributed by atoms with Gasteiger partial charge in [0.15, 0.2) is 0 Å². The molecule has 0 saturated carbocycles. The van der Waals surface area contributed by atoms with E-state index < -0.39 is 0 Å². The summed E-state index contributed by atoms with van der Waals surface area (Å²) in [5.74, 6) is 2.22. The molecule has 3 rings (SSSR count). The molecule has 2 aliphatic rings. The zero-order chi connectivity index (χ0) is 13.9. The largest absolute Gasteiger partial charge is 0.370 e. The summed E-state index contributed by atoms with van der Waals surface area (Å²) >= 11 is 1.81.